The molecule has 3 rings (SSSR count). The highest BCUT2D eigenvalue weighted by Gasteiger charge is 2.68. The average Bonchev–Trinajstić information content (AvgIpc) is 2.89. The largest absolute Gasteiger partial charge is 0.298 e. The molecule has 2 bridgehead atoms. The van der Waals surface area contributed by atoms with Gasteiger partial charge in [0.2, 0.25) is 5.91 Å². The molecule has 2 aliphatic carbocycles. The lowest BCUT2D eigenvalue weighted by atomic mass is 9.68. The van der Waals surface area contributed by atoms with E-state index in [0.717, 1.165) is 12.0 Å². The molecule has 2 fully saturated rings. The second kappa shape index (κ2) is 5.48. The summed E-state index contributed by atoms with van der Waals surface area (Å²) in [6.07, 6.45) is 2.13. The first-order chi connectivity index (χ1) is 10.9. The van der Waals surface area contributed by atoms with Gasteiger partial charge in [-0.2, -0.15) is 0 Å². The van der Waals surface area contributed by atoms with Crippen LogP contribution < -0.4 is 10.9 Å². The molecule has 2 unspecified atom stereocenters. The molecular weight excluding hydrogens is 292 g/mol. The maximum absolute atomic E-state index is 12.7. The van der Waals surface area contributed by atoms with Gasteiger partial charge in [0.1, 0.15) is 11.2 Å². The van der Waals surface area contributed by atoms with Crippen LogP contribution in [0.5, 0.6) is 0 Å². The van der Waals surface area contributed by atoms with Gasteiger partial charge in [0.05, 0.1) is 6.42 Å². The van der Waals surface area contributed by atoms with Gasteiger partial charge in [-0.3, -0.25) is 25.2 Å². The Morgan fingerprint density at radius 1 is 1.17 bits per heavy atom. The maximum atomic E-state index is 12.7. The fourth-order valence-electron chi connectivity index (χ4n) is 4.27. The third-order valence-corrected chi connectivity index (χ3v) is 5.81. The fraction of sp³-hybridized carbons (Fsp3) is 0.500. The lowest BCUT2D eigenvalue weighted by Gasteiger charge is -2.34. The summed E-state index contributed by atoms with van der Waals surface area (Å²) in [4.78, 5) is 37.0. The van der Waals surface area contributed by atoms with E-state index in [1.807, 2.05) is 44.2 Å². The molecule has 2 aliphatic rings. The van der Waals surface area contributed by atoms with Crippen molar-refractivity contribution >= 4 is 17.6 Å². The van der Waals surface area contributed by atoms with Gasteiger partial charge in [0, 0.05) is 6.42 Å². The minimum Gasteiger partial charge on any atom is -0.298 e. The second-order valence-electron chi connectivity index (χ2n) is 7.15. The van der Waals surface area contributed by atoms with Crippen LogP contribution in [0.25, 0.3) is 0 Å². The van der Waals surface area contributed by atoms with E-state index in [9.17, 15) is 14.4 Å². The summed E-state index contributed by atoms with van der Waals surface area (Å²) in [5, 5.41) is 0. The zero-order valence-corrected chi connectivity index (χ0v) is 13.5. The quantitative estimate of drug-likeness (QED) is 0.659. The minimum atomic E-state index is -0.988. The maximum Gasteiger partial charge on any atom is 0.252 e. The molecule has 2 saturated carbocycles. The van der Waals surface area contributed by atoms with E-state index in [-0.39, 0.29) is 35.4 Å². The second-order valence-corrected chi connectivity index (χ2v) is 7.15. The van der Waals surface area contributed by atoms with E-state index in [4.69, 9.17) is 0 Å². The van der Waals surface area contributed by atoms with Crippen molar-refractivity contribution in [2.24, 2.45) is 16.7 Å². The fourth-order valence-corrected chi connectivity index (χ4v) is 4.27. The molecule has 5 heteroatoms. The molecule has 1 aromatic carbocycles. The molecule has 122 valence electrons. The Labute approximate surface area is 135 Å². The Morgan fingerprint density at radius 3 is 2.43 bits per heavy atom. The first-order valence-electron chi connectivity index (χ1n) is 8.04. The van der Waals surface area contributed by atoms with Gasteiger partial charge < -0.3 is 0 Å². The summed E-state index contributed by atoms with van der Waals surface area (Å²) >= 11 is 0. The van der Waals surface area contributed by atoms with Gasteiger partial charge in [-0.25, -0.2) is 0 Å². The molecule has 0 aliphatic heterocycles. The Balaban J connectivity index is 1.64. The van der Waals surface area contributed by atoms with Crippen LogP contribution in [0.1, 0.15) is 38.7 Å². The first kappa shape index (κ1) is 15.7. The molecule has 0 saturated heterocycles. The monoisotopic (exact) mass is 314 g/mol. The highest BCUT2D eigenvalue weighted by atomic mass is 16.2. The number of Topliss-reactive ketones (excluding diaryl/α,β-unsaturated/α-hetero) is 1. The molecule has 0 radical (unpaired) electrons. The predicted molar refractivity (Wildman–Crippen MR) is 85.0 cm³/mol. The minimum absolute atomic E-state index is 0.00792. The Kier molecular flexibility index (Phi) is 3.74. The predicted octanol–water partition coefficient (Wildman–Crippen LogP) is 1.77. The van der Waals surface area contributed by atoms with Crippen LogP contribution in [0.15, 0.2) is 30.3 Å². The third kappa shape index (κ3) is 2.35. The normalized spacial score (nSPS) is 27.7. The summed E-state index contributed by atoms with van der Waals surface area (Å²) < 4.78 is 0. The number of ketones is 1. The molecule has 2 atom stereocenters. The van der Waals surface area contributed by atoms with Gasteiger partial charge in [0.25, 0.3) is 5.91 Å². The van der Waals surface area contributed by atoms with E-state index < -0.39 is 5.41 Å². The summed E-state index contributed by atoms with van der Waals surface area (Å²) in [5.41, 5.74) is 4.48. The number of hydrogen-bond acceptors (Lipinski definition) is 3. The van der Waals surface area contributed by atoms with Crippen molar-refractivity contribution in [3.05, 3.63) is 35.9 Å². The van der Waals surface area contributed by atoms with Crippen molar-refractivity contribution in [2.75, 3.05) is 0 Å². The lowest BCUT2D eigenvalue weighted by molar-refractivity contribution is -0.147. The molecule has 2 amide bonds. The van der Waals surface area contributed by atoms with Crippen molar-refractivity contribution in [1.82, 2.24) is 10.9 Å². The summed E-state index contributed by atoms with van der Waals surface area (Å²) in [6.45, 7) is 3.97. The molecule has 23 heavy (non-hydrogen) atoms. The molecular formula is C18H22N2O3. The summed E-state index contributed by atoms with van der Waals surface area (Å²) in [5.74, 6) is -0.387. The van der Waals surface area contributed by atoms with Crippen LogP contribution in [0, 0.1) is 16.7 Å². The van der Waals surface area contributed by atoms with Crippen molar-refractivity contribution < 1.29 is 14.4 Å². The standard InChI is InChI=1S/C18H22N2O3/c1-17(2)13-8-9-18(17,14(21)11-13)16(23)20-19-15(22)10-12-6-4-3-5-7-12/h3-7,13H,8-11H2,1-2H3,(H,19,22)(H,20,23). The van der Waals surface area contributed by atoms with Gasteiger partial charge in [-0.05, 0) is 29.7 Å². The van der Waals surface area contributed by atoms with Crippen LogP contribution in [0.4, 0.5) is 0 Å². The molecule has 1 aromatic rings. The van der Waals surface area contributed by atoms with Crippen LogP contribution in [-0.2, 0) is 20.8 Å². The molecule has 2 N–H and O–H groups in total. The molecule has 0 aromatic heterocycles. The first-order valence-corrected chi connectivity index (χ1v) is 8.04. The summed E-state index contributed by atoms with van der Waals surface area (Å²) in [7, 11) is 0. The summed E-state index contributed by atoms with van der Waals surface area (Å²) in [6, 6.07) is 9.31. The van der Waals surface area contributed by atoms with Crippen molar-refractivity contribution in [3.63, 3.8) is 0 Å². The van der Waals surface area contributed by atoms with Crippen molar-refractivity contribution in [2.45, 2.75) is 39.5 Å². The number of hydrogen-bond donors (Lipinski definition) is 2. The van der Waals surface area contributed by atoms with Crippen LogP contribution in [-0.4, -0.2) is 17.6 Å². The van der Waals surface area contributed by atoms with E-state index in [1.165, 1.54) is 0 Å². The third-order valence-electron chi connectivity index (χ3n) is 5.81. The van der Waals surface area contributed by atoms with E-state index in [0.29, 0.717) is 12.8 Å². The van der Waals surface area contributed by atoms with Crippen LogP contribution in [0.2, 0.25) is 0 Å². The van der Waals surface area contributed by atoms with Crippen molar-refractivity contribution in [1.29, 1.82) is 0 Å². The number of fused-ring (bicyclic) bond motifs is 2. The van der Waals surface area contributed by atoms with Crippen LogP contribution in [0.3, 0.4) is 0 Å². The van der Waals surface area contributed by atoms with Crippen molar-refractivity contribution in [3.8, 4) is 0 Å². The highest BCUT2D eigenvalue weighted by Crippen LogP contribution is 2.63. The van der Waals surface area contributed by atoms with E-state index in [2.05, 4.69) is 10.9 Å². The Bertz CT molecular complexity index is 653. The average molecular weight is 314 g/mol. The molecule has 5 nitrogen and oxygen atoms in total. The topological polar surface area (TPSA) is 75.3 Å². The van der Waals surface area contributed by atoms with Gasteiger partial charge >= 0.3 is 0 Å². The number of benzene rings is 1. The van der Waals surface area contributed by atoms with Crippen LogP contribution >= 0.6 is 0 Å². The number of rotatable bonds is 3. The molecule has 0 spiro atoms. The van der Waals surface area contributed by atoms with Gasteiger partial charge in [-0.1, -0.05) is 44.2 Å². The highest BCUT2D eigenvalue weighted by molar-refractivity contribution is 6.09. The smallest absolute Gasteiger partial charge is 0.252 e. The SMILES string of the molecule is CC1(C)C2CCC1(C(=O)NNC(=O)Cc1ccccc1)C(=O)C2. The number of carbonyl (C=O) groups is 3. The van der Waals surface area contributed by atoms with Gasteiger partial charge in [-0.15, -0.1) is 0 Å². The van der Waals surface area contributed by atoms with E-state index in [1.54, 1.807) is 0 Å². The van der Waals surface area contributed by atoms with Gasteiger partial charge in [0.15, 0.2) is 0 Å². The number of carbonyl (C=O) groups excluding carboxylic acids is 3. The lowest BCUT2D eigenvalue weighted by Crippen LogP contribution is -2.55. The number of amides is 2. The molecule has 0 heterocycles. The van der Waals surface area contributed by atoms with E-state index >= 15 is 0 Å². The number of hydrazine groups is 1. The Morgan fingerprint density at radius 2 is 1.87 bits per heavy atom. The zero-order chi connectivity index (χ0) is 16.7. The number of nitrogens with one attached hydrogen (secondary N) is 2. The Hall–Kier alpha value is -2.17. The zero-order valence-electron chi connectivity index (χ0n) is 13.5.